The van der Waals surface area contributed by atoms with Gasteiger partial charge in [0.05, 0.1) is 23.3 Å². The van der Waals surface area contributed by atoms with Gasteiger partial charge in [0.2, 0.25) is 0 Å². The first-order valence-electron chi connectivity index (χ1n) is 11.8. The Morgan fingerprint density at radius 2 is 1.21 bits per heavy atom. The fraction of sp³-hybridized carbons (Fsp3) is 0.593. The van der Waals surface area contributed by atoms with Crippen molar-refractivity contribution in [3.63, 3.8) is 0 Å². The zero-order chi connectivity index (χ0) is 25.7. The van der Waals surface area contributed by atoms with Crippen molar-refractivity contribution in [1.82, 2.24) is 0 Å². The molecule has 1 aromatic rings. The molecule has 0 spiro atoms. The van der Waals surface area contributed by atoms with E-state index in [1.807, 2.05) is 6.08 Å². The number of benzene rings is 1. The predicted octanol–water partition coefficient (Wildman–Crippen LogP) is 4.24. The molecule has 0 fully saturated rings. The number of allylic oxidation sites excluding steroid dienone is 3. The molecule has 0 radical (unpaired) electrons. The maximum Gasteiger partial charge on any atom is 0.146 e. The smallest absolute Gasteiger partial charge is 0.146 e. The highest BCUT2D eigenvalue weighted by Crippen LogP contribution is 2.46. The minimum Gasteiger partial charge on any atom is -0.422 e. The van der Waals surface area contributed by atoms with Gasteiger partial charge in [0.1, 0.15) is 27.3 Å². The molecule has 0 amide bonds. The molecule has 0 aliphatic carbocycles. The standard InChI is InChI=1S/C27H47NO3Si2/c1-24(2,3)22(30-32)26(7,8)28(27(9,10)23(31-33)25(4,5)6)21-18-14-13-17-20(21)16-12-11-15-19-29/h11-19,22-23H,1-10,32-33H3. The molecule has 4 nitrogen and oxygen atoms in total. The summed E-state index contributed by atoms with van der Waals surface area (Å²) in [6.45, 7) is 22.7. The lowest BCUT2D eigenvalue weighted by atomic mass is 9.71. The summed E-state index contributed by atoms with van der Waals surface area (Å²) in [5.74, 6) is 0. The van der Waals surface area contributed by atoms with Crippen LogP contribution in [0.3, 0.4) is 0 Å². The van der Waals surface area contributed by atoms with Gasteiger partial charge >= 0.3 is 0 Å². The van der Waals surface area contributed by atoms with Gasteiger partial charge in [0.15, 0.2) is 0 Å². The summed E-state index contributed by atoms with van der Waals surface area (Å²) in [6.07, 6.45) is 8.07. The zero-order valence-corrected chi connectivity index (χ0v) is 27.0. The van der Waals surface area contributed by atoms with Crippen LogP contribution in [0.1, 0.15) is 74.8 Å². The second kappa shape index (κ2) is 11.3. The number of carbonyl (C=O) groups is 1. The Morgan fingerprint density at radius 1 is 0.758 bits per heavy atom. The highest BCUT2D eigenvalue weighted by molar-refractivity contribution is 5.98. The molecule has 186 valence electrons. The van der Waals surface area contributed by atoms with Gasteiger partial charge in [0.25, 0.3) is 0 Å². The number of anilines is 1. The molecule has 2 unspecified atom stereocenters. The minimum absolute atomic E-state index is 0.0117. The van der Waals surface area contributed by atoms with Crippen LogP contribution in [0.4, 0.5) is 5.69 Å². The highest BCUT2D eigenvalue weighted by atomic mass is 28.2. The van der Waals surface area contributed by atoms with E-state index < -0.39 is 0 Å². The third kappa shape index (κ3) is 7.01. The van der Waals surface area contributed by atoms with Gasteiger partial charge in [-0.15, -0.1) is 0 Å². The second-order valence-corrected chi connectivity index (χ2v) is 13.0. The first-order valence-corrected chi connectivity index (χ1v) is 13.4. The Bertz CT molecular complexity index is 799. The summed E-state index contributed by atoms with van der Waals surface area (Å²) in [5.41, 5.74) is 1.46. The van der Waals surface area contributed by atoms with Crippen LogP contribution in [0.25, 0.3) is 6.08 Å². The molecule has 0 aromatic heterocycles. The predicted molar refractivity (Wildman–Crippen MR) is 150 cm³/mol. The lowest BCUT2D eigenvalue weighted by molar-refractivity contribution is -0.104. The molecule has 0 aliphatic heterocycles. The normalized spacial score (nSPS) is 15.9. The quantitative estimate of drug-likeness (QED) is 0.213. The van der Waals surface area contributed by atoms with Gasteiger partial charge in [-0.25, -0.2) is 0 Å². The molecule has 0 N–H and O–H groups in total. The van der Waals surface area contributed by atoms with Gasteiger partial charge in [-0.05, 0) is 56.2 Å². The largest absolute Gasteiger partial charge is 0.422 e. The molecule has 33 heavy (non-hydrogen) atoms. The fourth-order valence-electron chi connectivity index (χ4n) is 6.10. The van der Waals surface area contributed by atoms with Crippen LogP contribution < -0.4 is 4.90 Å². The third-order valence-electron chi connectivity index (χ3n) is 6.23. The number of aldehydes is 1. The van der Waals surface area contributed by atoms with Crippen molar-refractivity contribution in [3.8, 4) is 0 Å². The van der Waals surface area contributed by atoms with Crippen molar-refractivity contribution in [2.75, 3.05) is 4.90 Å². The monoisotopic (exact) mass is 489 g/mol. The van der Waals surface area contributed by atoms with Crippen molar-refractivity contribution in [2.24, 2.45) is 10.8 Å². The van der Waals surface area contributed by atoms with E-state index in [-0.39, 0.29) is 34.1 Å². The summed E-state index contributed by atoms with van der Waals surface area (Å²) >= 11 is 0. The summed E-state index contributed by atoms with van der Waals surface area (Å²) in [7, 11) is 1.32. The molecule has 0 aliphatic rings. The fourth-order valence-corrected chi connectivity index (χ4v) is 8.67. The van der Waals surface area contributed by atoms with Gasteiger partial charge in [-0.3, -0.25) is 4.79 Å². The van der Waals surface area contributed by atoms with Crippen LogP contribution in [0.15, 0.2) is 42.5 Å². The lowest BCUT2D eigenvalue weighted by Gasteiger charge is -2.59. The van der Waals surface area contributed by atoms with E-state index in [1.165, 1.54) is 6.08 Å². The molecule has 0 bridgehead atoms. The molecule has 6 heteroatoms. The molecular weight excluding hydrogens is 442 g/mol. The lowest BCUT2D eigenvalue weighted by Crippen LogP contribution is -2.69. The Kier molecular flexibility index (Phi) is 10.1. The van der Waals surface area contributed by atoms with Crippen molar-refractivity contribution < 1.29 is 13.6 Å². The topological polar surface area (TPSA) is 38.8 Å². The van der Waals surface area contributed by atoms with E-state index in [2.05, 4.69) is 104 Å². The number of para-hydroxylation sites is 1. The average molecular weight is 490 g/mol. The first-order chi connectivity index (χ1) is 15.1. The minimum atomic E-state index is -0.338. The average Bonchev–Trinajstić information content (AvgIpc) is 2.64. The van der Waals surface area contributed by atoms with Gasteiger partial charge in [-0.2, -0.15) is 0 Å². The first kappa shape index (κ1) is 29.6. The van der Waals surface area contributed by atoms with Crippen molar-refractivity contribution in [3.05, 3.63) is 48.1 Å². The molecule has 1 rings (SSSR count). The van der Waals surface area contributed by atoms with Crippen molar-refractivity contribution in [1.29, 1.82) is 0 Å². The molecule has 0 saturated carbocycles. The Balaban J connectivity index is 3.92. The van der Waals surface area contributed by atoms with Crippen LogP contribution in [0.5, 0.6) is 0 Å². The molecular formula is C27H47NO3Si2. The maximum atomic E-state index is 10.7. The van der Waals surface area contributed by atoms with E-state index in [0.29, 0.717) is 21.0 Å². The van der Waals surface area contributed by atoms with Gasteiger partial charge in [-0.1, -0.05) is 78.0 Å². The Hall–Kier alpha value is -1.48. The van der Waals surface area contributed by atoms with Crippen molar-refractivity contribution >= 4 is 39.0 Å². The molecule has 0 saturated heterocycles. The summed E-state index contributed by atoms with van der Waals surface area (Å²) in [4.78, 5) is 13.2. The summed E-state index contributed by atoms with van der Waals surface area (Å²) < 4.78 is 12.7. The Labute approximate surface area is 208 Å². The van der Waals surface area contributed by atoms with Gasteiger partial charge in [0, 0.05) is 5.69 Å². The summed E-state index contributed by atoms with van der Waals surface area (Å²) in [6, 6.07) is 8.46. The molecule has 2 atom stereocenters. The second-order valence-electron chi connectivity index (χ2n) is 12.0. The van der Waals surface area contributed by atoms with E-state index in [4.69, 9.17) is 8.85 Å². The number of hydrogen-bond donors (Lipinski definition) is 0. The van der Waals surface area contributed by atoms with Crippen molar-refractivity contribution in [2.45, 2.75) is 92.5 Å². The van der Waals surface area contributed by atoms with E-state index in [9.17, 15) is 4.79 Å². The maximum absolute atomic E-state index is 10.7. The van der Waals surface area contributed by atoms with Gasteiger partial charge < -0.3 is 13.8 Å². The zero-order valence-electron chi connectivity index (χ0n) is 23.0. The van der Waals surface area contributed by atoms with E-state index in [0.717, 1.165) is 17.5 Å². The van der Waals surface area contributed by atoms with Crippen LogP contribution in [-0.4, -0.2) is 50.5 Å². The SMILES string of the molecule is CC(C)(C)C(O[SiH3])C(C)(C)N(c1ccccc1C=CC=CC=O)C(C)(C)C(O[SiH3])C(C)(C)C. The number of hydrogen-bond acceptors (Lipinski definition) is 4. The number of rotatable bonds is 10. The number of nitrogens with zero attached hydrogens (tertiary/aromatic N) is 1. The Morgan fingerprint density at radius 3 is 1.61 bits per heavy atom. The van der Waals surface area contributed by atoms with E-state index in [1.54, 1.807) is 6.08 Å². The number of carbonyl (C=O) groups excluding carboxylic acids is 1. The van der Waals surface area contributed by atoms with E-state index >= 15 is 0 Å². The highest BCUT2D eigenvalue weighted by Gasteiger charge is 2.52. The van der Waals surface area contributed by atoms with Crippen LogP contribution in [0, 0.1) is 10.8 Å². The molecule has 0 heterocycles. The van der Waals surface area contributed by atoms with Crippen LogP contribution >= 0.6 is 0 Å². The van der Waals surface area contributed by atoms with Crippen LogP contribution in [0.2, 0.25) is 0 Å². The molecule has 1 aromatic carbocycles. The summed E-state index contributed by atoms with van der Waals surface area (Å²) in [5, 5.41) is 0. The van der Waals surface area contributed by atoms with Crippen LogP contribution in [-0.2, 0) is 13.6 Å². The third-order valence-corrected chi connectivity index (χ3v) is 7.18.